The molecule has 0 saturated heterocycles. The van der Waals surface area contributed by atoms with Crippen molar-refractivity contribution < 1.29 is 18.3 Å². The molecule has 0 saturated carbocycles. The van der Waals surface area contributed by atoms with Crippen LogP contribution in [0.1, 0.15) is 13.8 Å². The Labute approximate surface area is 83.9 Å². The fraction of sp³-hybridized carbons (Fsp3) is 0.625. The van der Waals surface area contributed by atoms with E-state index < -0.39 is 21.9 Å². The van der Waals surface area contributed by atoms with Gasteiger partial charge in [0.05, 0.1) is 5.92 Å². The summed E-state index contributed by atoms with van der Waals surface area (Å²) in [5, 5.41) is 9.51. The number of nitrogens with one attached hydrogen (secondary N) is 1. The molecule has 0 heterocycles. The fourth-order valence-corrected chi connectivity index (χ4v) is 1.40. The minimum atomic E-state index is -3.53. The van der Waals surface area contributed by atoms with Crippen molar-refractivity contribution in [3.63, 3.8) is 0 Å². The maximum Gasteiger partial charge on any atom is 0.308 e. The maximum atomic E-state index is 10.9. The number of aliphatic carboxylic acids is 1. The molecule has 0 rings (SSSR count). The lowest BCUT2D eigenvalue weighted by Crippen LogP contribution is -2.34. The lowest BCUT2D eigenvalue weighted by molar-refractivity contribution is -0.142. The first kappa shape index (κ1) is 13.1. The number of hydrogen-bond acceptors (Lipinski definition) is 3. The van der Waals surface area contributed by atoms with E-state index in [1.165, 1.54) is 0 Å². The SMILES string of the molecule is C=CS(=O)(=O)NCC(C(=O)O)C(C)C. The summed E-state index contributed by atoms with van der Waals surface area (Å²) in [6, 6.07) is 0. The molecule has 0 aliphatic carbocycles. The summed E-state index contributed by atoms with van der Waals surface area (Å²) in [5.74, 6) is -1.85. The predicted octanol–water partition coefficient (Wildman–Crippen LogP) is 0.406. The number of hydrogen-bond donors (Lipinski definition) is 2. The van der Waals surface area contributed by atoms with Gasteiger partial charge in [-0.1, -0.05) is 20.4 Å². The summed E-state index contributed by atoms with van der Waals surface area (Å²) in [5.41, 5.74) is 0. The first-order chi connectivity index (χ1) is 6.30. The van der Waals surface area contributed by atoms with Gasteiger partial charge in [0.25, 0.3) is 0 Å². The molecule has 0 radical (unpaired) electrons. The highest BCUT2D eigenvalue weighted by molar-refractivity contribution is 7.92. The average Bonchev–Trinajstić information content (AvgIpc) is 2.03. The Morgan fingerprint density at radius 2 is 2.07 bits per heavy atom. The van der Waals surface area contributed by atoms with Crippen LogP contribution in [0.5, 0.6) is 0 Å². The van der Waals surface area contributed by atoms with Gasteiger partial charge in [0.1, 0.15) is 0 Å². The van der Waals surface area contributed by atoms with E-state index in [-0.39, 0.29) is 12.5 Å². The summed E-state index contributed by atoms with van der Waals surface area (Å²) in [7, 11) is -3.53. The van der Waals surface area contributed by atoms with Crippen LogP contribution < -0.4 is 4.72 Å². The first-order valence-corrected chi connectivity index (χ1v) is 5.69. The molecule has 0 fully saturated rings. The zero-order valence-corrected chi connectivity index (χ0v) is 9.04. The summed E-state index contributed by atoms with van der Waals surface area (Å²) in [4.78, 5) is 10.7. The van der Waals surface area contributed by atoms with Crippen molar-refractivity contribution in [1.29, 1.82) is 0 Å². The van der Waals surface area contributed by atoms with E-state index in [9.17, 15) is 13.2 Å². The van der Waals surface area contributed by atoms with Gasteiger partial charge in [0, 0.05) is 12.0 Å². The number of sulfonamides is 1. The van der Waals surface area contributed by atoms with Crippen LogP contribution in [0.3, 0.4) is 0 Å². The van der Waals surface area contributed by atoms with Crippen LogP contribution in [0, 0.1) is 11.8 Å². The molecule has 0 aliphatic rings. The minimum absolute atomic E-state index is 0.110. The molecule has 1 unspecified atom stereocenters. The van der Waals surface area contributed by atoms with Crippen LogP contribution in [-0.2, 0) is 14.8 Å². The van der Waals surface area contributed by atoms with Gasteiger partial charge >= 0.3 is 5.97 Å². The third-order valence-corrected chi connectivity index (χ3v) is 2.85. The first-order valence-electron chi connectivity index (χ1n) is 4.15. The molecule has 0 spiro atoms. The summed E-state index contributed by atoms with van der Waals surface area (Å²) in [6.07, 6.45) is 0. The summed E-state index contributed by atoms with van der Waals surface area (Å²) in [6.45, 7) is 6.44. The summed E-state index contributed by atoms with van der Waals surface area (Å²) < 4.78 is 24.0. The second-order valence-corrected chi connectivity index (χ2v) is 4.96. The number of carboxylic acid groups (broad SMARTS) is 1. The highest BCUT2D eigenvalue weighted by Gasteiger charge is 2.22. The van der Waals surface area contributed by atoms with Crippen LogP contribution >= 0.6 is 0 Å². The van der Waals surface area contributed by atoms with E-state index in [4.69, 9.17) is 5.11 Å². The number of rotatable bonds is 6. The van der Waals surface area contributed by atoms with E-state index in [0.29, 0.717) is 0 Å². The van der Waals surface area contributed by atoms with Crippen molar-refractivity contribution in [3.8, 4) is 0 Å². The molecule has 0 aliphatic heterocycles. The molecular formula is C8H15NO4S. The molecular weight excluding hydrogens is 206 g/mol. The molecule has 14 heavy (non-hydrogen) atoms. The zero-order valence-electron chi connectivity index (χ0n) is 8.23. The average molecular weight is 221 g/mol. The molecule has 0 amide bonds. The van der Waals surface area contributed by atoms with Gasteiger partial charge in [-0.3, -0.25) is 4.79 Å². The topological polar surface area (TPSA) is 83.5 Å². The monoisotopic (exact) mass is 221 g/mol. The Kier molecular flexibility index (Phi) is 4.79. The van der Waals surface area contributed by atoms with Crippen LogP contribution in [0.25, 0.3) is 0 Å². The van der Waals surface area contributed by atoms with Crippen LogP contribution in [0.4, 0.5) is 0 Å². The van der Waals surface area contributed by atoms with Crippen molar-refractivity contribution in [2.24, 2.45) is 11.8 Å². The van der Waals surface area contributed by atoms with Crippen LogP contribution in [0.15, 0.2) is 12.0 Å². The molecule has 0 bridgehead atoms. The van der Waals surface area contributed by atoms with Crippen LogP contribution in [-0.4, -0.2) is 26.0 Å². The van der Waals surface area contributed by atoms with Crippen molar-refractivity contribution in [2.45, 2.75) is 13.8 Å². The van der Waals surface area contributed by atoms with Crippen molar-refractivity contribution >= 4 is 16.0 Å². The Bertz CT molecular complexity index is 307. The molecule has 82 valence electrons. The number of carbonyl (C=O) groups is 1. The molecule has 0 aromatic carbocycles. The van der Waals surface area contributed by atoms with Gasteiger partial charge in [-0.15, -0.1) is 0 Å². The van der Waals surface area contributed by atoms with Crippen molar-refractivity contribution in [1.82, 2.24) is 4.72 Å². The Balaban J connectivity index is 4.35. The summed E-state index contributed by atoms with van der Waals surface area (Å²) >= 11 is 0. The molecule has 1 atom stereocenters. The van der Waals surface area contributed by atoms with Gasteiger partial charge in [-0.2, -0.15) is 0 Å². The van der Waals surface area contributed by atoms with E-state index in [0.717, 1.165) is 5.41 Å². The fourth-order valence-electron chi connectivity index (χ4n) is 0.873. The normalized spacial score (nSPS) is 13.9. The molecule has 5 nitrogen and oxygen atoms in total. The lowest BCUT2D eigenvalue weighted by Gasteiger charge is -2.15. The Morgan fingerprint density at radius 3 is 2.36 bits per heavy atom. The zero-order chi connectivity index (χ0) is 11.4. The highest BCUT2D eigenvalue weighted by atomic mass is 32.2. The molecule has 2 N–H and O–H groups in total. The lowest BCUT2D eigenvalue weighted by atomic mass is 9.97. The van der Waals surface area contributed by atoms with Gasteiger partial charge in [0.2, 0.25) is 10.0 Å². The van der Waals surface area contributed by atoms with E-state index in [1.54, 1.807) is 13.8 Å². The molecule has 0 aromatic rings. The number of carboxylic acids is 1. The standard InChI is InChI=1S/C8H15NO4S/c1-4-14(12,13)9-5-7(6(2)3)8(10)11/h4,6-7,9H,1,5H2,2-3H3,(H,10,11). The van der Waals surface area contributed by atoms with E-state index >= 15 is 0 Å². The van der Waals surface area contributed by atoms with Crippen molar-refractivity contribution in [3.05, 3.63) is 12.0 Å². The van der Waals surface area contributed by atoms with E-state index in [1.807, 2.05) is 0 Å². The van der Waals surface area contributed by atoms with Crippen molar-refractivity contribution in [2.75, 3.05) is 6.54 Å². The van der Waals surface area contributed by atoms with Gasteiger partial charge in [0.15, 0.2) is 0 Å². The second-order valence-electron chi connectivity index (χ2n) is 3.25. The third kappa shape index (κ3) is 4.38. The van der Waals surface area contributed by atoms with Gasteiger partial charge in [-0.25, -0.2) is 13.1 Å². The highest BCUT2D eigenvalue weighted by Crippen LogP contribution is 2.10. The minimum Gasteiger partial charge on any atom is -0.481 e. The smallest absolute Gasteiger partial charge is 0.308 e. The van der Waals surface area contributed by atoms with E-state index in [2.05, 4.69) is 11.3 Å². The largest absolute Gasteiger partial charge is 0.481 e. The Hall–Kier alpha value is -0.880. The van der Waals surface area contributed by atoms with Gasteiger partial charge in [-0.05, 0) is 5.92 Å². The quantitative estimate of drug-likeness (QED) is 0.680. The Morgan fingerprint density at radius 1 is 1.57 bits per heavy atom. The predicted molar refractivity (Wildman–Crippen MR) is 53.1 cm³/mol. The maximum absolute atomic E-state index is 10.9. The van der Waals surface area contributed by atoms with Crippen LogP contribution in [0.2, 0.25) is 0 Å². The molecule has 6 heteroatoms. The molecule has 0 aromatic heterocycles. The second kappa shape index (κ2) is 5.11. The third-order valence-electron chi connectivity index (χ3n) is 1.85. The van der Waals surface area contributed by atoms with Gasteiger partial charge < -0.3 is 5.11 Å².